The molecule has 1 aliphatic rings. The molecule has 8 heteroatoms. The van der Waals surface area contributed by atoms with Crippen LogP contribution >= 0.6 is 0 Å². The van der Waals surface area contributed by atoms with E-state index in [9.17, 15) is 18.8 Å². The second-order valence-electron chi connectivity index (χ2n) is 9.87. The second-order valence-corrected chi connectivity index (χ2v) is 9.87. The molecule has 1 atom stereocenters. The summed E-state index contributed by atoms with van der Waals surface area (Å²) in [4.78, 5) is 39.7. The Morgan fingerprint density at radius 1 is 1.14 bits per heavy atom. The number of aromatic amines is 1. The Morgan fingerprint density at radius 3 is 2.54 bits per heavy atom. The molecule has 0 saturated heterocycles. The van der Waals surface area contributed by atoms with Gasteiger partial charge in [-0.1, -0.05) is 39.0 Å². The Balaban J connectivity index is 1.65. The van der Waals surface area contributed by atoms with E-state index in [1.807, 2.05) is 26.8 Å². The van der Waals surface area contributed by atoms with Crippen molar-refractivity contribution in [3.8, 4) is 5.75 Å². The van der Waals surface area contributed by atoms with Gasteiger partial charge in [-0.3, -0.25) is 14.4 Å². The summed E-state index contributed by atoms with van der Waals surface area (Å²) in [5.74, 6) is -0.0352. The topological polar surface area (TPSA) is 92.6 Å². The van der Waals surface area contributed by atoms with Crippen molar-refractivity contribution >= 4 is 11.7 Å². The zero-order valence-electron chi connectivity index (χ0n) is 20.3. The van der Waals surface area contributed by atoms with E-state index in [-0.39, 0.29) is 41.5 Å². The summed E-state index contributed by atoms with van der Waals surface area (Å²) in [5, 5.41) is 2.17. The normalized spacial score (nSPS) is 15.6. The molecule has 4 rings (SSSR count). The second kappa shape index (κ2) is 9.52. The predicted octanol–water partition coefficient (Wildman–Crippen LogP) is 3.89. The molecule has 1 amide bonds. The third-order valence-electron chi connectivity index (χ3n) is 6.32. The zero-order valence-corrected chi connectivity index (χ0v) is 20.3. The van der Waals surface area contributed by atoms with Gasteiger partial charge >= 0.3 is 0 Å². The maximum Gasteiger partial charge on any atom is 0.280 e. The van der Waals surface area contributed by atoms with Crippen molar-refractivity contribution in [3.05, 3.63) is 86.6 Å². The van der Waals surface area contributed by atoms with Crippen LogP contribution in [-0.4, -0.2) is 35.4 Å². The molecule has 1 aliphatic heterocycles. The van der Waals surface area contributed by atoms with Crippen molar-refractivity contribution in [2.24, 2.45) is 0 Å². The molecular weight excluding hydrogens is 451 g/mol. The molecule has 35 heavy (non-hydrogen) atoms. The van der Waals surface area contributed by atoms with Crippen LogP contribution in [0.2, 0.25) is 0 Å². The molecule has 0 saturated carbocycles. The van der Waals surface area contributed by atoms with Crippen LogP contribution in [-0.2, 0) is 34.3 Å². The third-order valence-corrected chi connectivity index (χ3v) is 6.32. The van der Waals surface area contributed by atoms with Crippen LogP contribution in [0.1, 0.15) is 54.8 Å². The van der Waals surface area contributed by atoms with Gasteiger partial charge in [0, 0.05) is 19.0 Å². The number of nitrogens with zero attached hydrogens (tertiary/aromatic N) is 1. The lowest BCUT2D eigenvalue weighted by Gasteiger charge is -2.36. The Morgan fingerprint density at radius 2 is 1.91 bits per heavy atom. The van der Waals surface area contributed by atoms with E-state index in [4.69, 9.17) is 9.26 Å². The molecule has 0 aliphatic carbocycles. The SMILES string of the molecule is COc1ccc2c(c1)CCN(C(=O)Cc1cc(=O)[nH]o1)[C@H]2C(=O)Cc1ccc(C(C)(C)C)c(F)c1. The Bertz CT molecular complexity index is 1320. The number of hydrogen-bond donors (Lipinski definition) is 1. The molecule has 7 nitrogen and oxygen atoms in total. The van der Waals surface area contributed by atoms with Crippen molar-refractivity contribution in [1.29, 1.82) is 0 Å². The summed E-state index contributed by atoms with van der Waals surface area (Å²) >= 11 is 0. The Hall–Kier alpha value is -3.68. The van der Waals surface area contributed by atoms with Crippen LogP contribution in [0.15, 0.2) is 51.8 Å². The Kier molecular flexibility index (Phi) is 6.65. The number of ether oxygens (including phenoxy) is 1. The molecule has 0 spiro atoms. The van der Waals surface area contributed by atoms with E-state index in [2.05, 4.69) is 5.16 Å². The standard InChI is InChI=1S/C27H29FN2O5/c1-27(2,3)21-8-5-16(11-22(21)28)12-23(31)26-20-7-6-18(34-4)13-17(20)9-10-30(26)25(33)15-19-14-24(32)29-35-19/h5-8,11,13-14,26H,9-10,12,15H2,1-4H3,(H,29,32)/t26-/m1/s1. The van der Waals surface area contributed by atoms with Gasteiger partial charge in [0.1, 0.15) is 23.4 Å². The van der Waals surface area contributed by atoms with Crippen LogP contribution < -0.4 is 10.3 Å². The zero-order chi connectivity index (χ0) is 25.3. The largest absolute Gasteiger partial charge is 0.497 e. The molecule has 2 aromatic carbocycles. The molecule has 0 unspecified atom stereocenters. The number of amides is 1. The molecule has 3 aromatic rings. The summed E-state index contributed by atoms with van der Waals surface area (Å²) in [6.07, 6.45) is 0.372. The van der Waals surface area contributed by atoms with Crippen LogP contribution in [0.25, 0.3) is 0 Å². The van der Waals surface area contributed by atoms with Gasteiger partial charge in [0.2, 0.25) is 5.91 Å². The molecule has 1 aromatic heterocycles. The summed E-state index contributed by atoms with van der Waals surface area (Å²) in [6.45, 7) is 6.11. The smallest absolute Gasteiger partial charge is 0.280 e. The highest BCUT2D eigenvalue weighted by atomic mass is 19.1. The maximum absolute atomic E-state index is 14.8. The fraction of sp³-hybridized carbons (Fsp3) is 0.370. The van der Waals surface area contributed by atoms with Crippen molar-refractivity contribution in [3.63, 3.8) is 0 Å². The van der Waals surface area contributed by atoms with E-state index < -0.39 is 11.6 Å². The number of fused-ring (bicyclic) bond motifs is 1. The highest BCUT2D eigenvalue weighted by Crippen LogP contribution is 2.34. The quantitative estimate of drug-likeness (QED) is 0.578. The average Bonchev–Trinajstić information content (AvgIpc) is 3.21. The Labute approximate surface area is 202 Å². The van der Waals surface area contributed by atoms with E-state index in [1.165, 1.54) is 17.0 Å². The molecule has 1 N–H and O–H groups in total. The molecule has 2 heterocycles. The lowest BCUT2D eigenvalue weighted by Crippen LogP contribution is -2.44. The van der Waals surface area contributed by atoms with E-state index in [0.717, 1.165) is 11.1 Å². The third kappa shape index (κ3) is 5.21. The average molecular weight is 481 g/mol. The molecular formula is C27H29FN2O5. The molecule has 0 bridgehead atoms. The number of rotatable bonds is 6. The summed E-state index contributed by atoms with van der Waals surface area (Å²) in [7, 11) is 1.57. The van der Waals surface area contributed by atoms with Crippen molar-refractivity contribution in [2.45, 2.75) is 51.5 Å². The fourth-order valence-electron chi connectivity index (χ4n) is 4.58. The van der Waals surface area contributed by atoms with Gasteiger partial charge in [-0.25, -0.2) is 4.39 Å². The molecule has 0 fully saturated rings. The first-order valence-electron chi connectivity index (χ1n) is 11.5. The van der Waals surface area contributed by atoms with Crippen LogP contribution in [0, 0.1) is 5.82 Å². The summed E-state index contributed by atoms with van der Waals surface area (Å²) < 4.78 is 25.1. The number of H-pyrrole nitrogens is 1. The van der Waals surface area contributed by atoms with Crippen LogP contribution in [0.5, 0.6) is 5.75 Å². The predicted molar refractivity (Wildman–Crippen MR) is 128 cm³/mol. The lowest BCUT2D eigenvalue weighted by atomic mass is 9.85. The van der Waals surface area contributed by atoms with Gasteiger partial charge < -0.3 is 14.2 Å². The van der Waals surface area contributed by atoms with E-state index in [1.54, 1.807) is 31.4 Å². The summed E-state index contributed by atoms with van der Waals surface area (Å²) in [5.41, 5.74) is 1.98. The molecule has 0 radical (unpaired) electrons. The minimum absolute atomic E-state index is 0.0273. The number of halogens is 1. The first-order chi connectivity index (χ1) is 16.6. The monoisotopic (exact) mass is 480 g/mol. The summed E-state index contributed by atoms with van der Waals surface area (Å²) in [6, 6.07) is 10.7. The minimum Gasteiger partial charge on any atom is -0.497 e. The lowest BCUT2D eigenvalue weighted by molar-refractivity contribution is -0.140. The number of Topliss-reactive ketones (excluding diaryl/α,β-unsaturated/α-hetero) is 1. The highest BCUT2D eigenvalue weighted by molar-refractivity contribution is 5.92. The van der Waals surface area contributed by atoms with E-state index in [0.29, 0.717) is 29.8 Å². The number of benzene rings is 2. The number of carbonyl (C=O) groups is 2. The highest BCUT2D eigenvalue weighted by Gasteiger charge is 2.36. The van der Waals surface area contributed by atoms with Gasteiger partial charge in [-0.2, -0.15) is 5.16 Å². The van der Waals surface area contributed by atoms with Gasteiger partial charge in [0.15, 0.2) is 5.78 Å². The van der Waals surface area contributed by atoms with Crippen molar-refractivity contribution in [2.75, 3.05) is 13.7 Å². The van der Waals surface area contributed by atoms with Gasteiger partial charge in [-0.05, 0) is 52.3 Å². The van der Waals surface area contributed by atoms with Gasteiger partial charge in [0.25, 0.3) is 5.56 Å². The minimum atomic E-state index is -0.840. The van der Waals surface area contributed by atoms with Gasteiger partial charge in [0.05, 0.1) is 13.5 Å². The first-order valence-corrected chi connectivity index (χ1v) is 11.5. The number of nitrogens with one attached hydrogen (secondary N) is 1. The van der Waals surface area contributed by atoms with Crippen molar-refractivity contribution < 1.29 is 23.2 Å². The van der Waals surface area contributed by atoms with Crippen molar-refractivity contribution in [1.82, 2.24) is 10.1 Å². The number of carbonyl (C=O) groups excluding carboxylic acids is 2. The molecule has 184 valence electrons. The number of ketones is 1. The maximum atomic E-state index is 14.8. The fourth-order valence-corrected chi connectivity index (χ4v) is 4.58. The van der Waals surface area contributed by atoms with Crippen LogP contribution in [0.4, 0.5) is 4.39 Å². The van der Waals surface area contributed by atoms with Crippen LogP contribution in [0.3, 0.4) is 0 Å². The number of aromatic nitrogens is 1. The first kappa shape index (κ1) is 24.4. The number of hydrogen-bond acceptors (Lipinski definition) is 5. The van der Waals surface area contributed by atoms with Gasteiger partial charge in [-0.15, -0.1) is 0 Å². The van der Waals surface area contributed by atoms with E-state index >= 15 is 0 Å². The number of methoxy groups -OCH3 is 1.